The number of ketones is 2. The molecule has 5 nitrogen and oxygen atoms in total. The van der Waals surface area contributed by atoms with E-state index >= 15 is 0 Å². The van der Waals surface area contributed by atoms with E-state index < -0.39 is 16.2 Å². The van der Waals surface area contributed by atoms with E-state index in [1.807, 2.05) is 26.0 Å². The Morgan fingerprint density at radius 1 is 1.00 bits per heavy atom. The first-order chi connectivity index (χ1) is 17.0. The molecule has 3 saturated carbocycles. The van der Waals surface area contributed by atoms with Crippen molar-refractivity contribution < 1.29 is 14.4 Å². The number of hydrogen-bond donors (Lipinski definition) is 1. The Bertz CT molecular complexity index is 1200. The zero-order chi connectivity index (χ0) is 27.4. The summed E-state index contributed by atoms with van der Waals surface area (Å²) in [6, 6.07) is 2.18. The van der Waals surface area contributed by atoms with E-state index in [0.717, 1.165) is 50.5 Å². The van der Waals surface area contributed by atoms with Crippen molar-refractivity contribution in [1.82, 2.24) is 5.32 Å². The number of nitrogens with zero attached hydrogens (tertiary/aromatic N) is 1. The van der Waals surface area contributed by atoms with E-state index in [2.05, 4.69) is 46.0 Å². The van der Waals surface area contributed by atoms with Crippen LogP contribution in [-0.2, 0) is 14.4 Å². The highest BCUT2D eigenvalue weighted by molar-refractivity contribution is 6.04. The minimum absolute atomic E-state index is 0.0113. The molecule has 200 valence electrons. The number of carbonyl (C=O) groups excluding carboxylic acids is 3. The van der Waals surface area contributed by atoms with Crippen molar-refractivity contribution in [2.24, 2.45) is 50.2 Å². The number of allylic oxidation sites excluding steroid dienone is 4. The second-order valence-electron chi connectivity index (χ2n) is 15.0. The maximum atomic E-state index is 14.4. The largest absolute Gasteiger partial charge is 0.359 e. The van der Waals surface area contributed by atoms with Crippen molar-refractivity contribution in [3.8, 4) is 6.07 Å². The molecule has 1 amide bonds. The number of carbonyl (C=O) groups is 3. The lowest BCUT2D eigenvalue weighted by molar-refractivity contribution is -0.178. The summed E-state index contributed by atoms with van der Waals surface area (Å²) in [5.74, 6) is 0.0213. The number of Topliss-reactive ketones (excluding diaryl/α,β-unsaturated/α-hetero) is 1. The minimum atomic E-state index is -0.661. The molecule has 5 heteroatoms. The number of hydrogen-bond acceptors (Lipinski definition) is 4. The van der Waals surface area contributed by atoms with Crippen molar-refractivity contribution in [2.75, 3.05) is 7.05 Å². The summed E-state index contributed by atoms with van der Waals surface area (Å²) in [5, 5.41) is 12.8. The van der Waals surface area contributed by atoms with Gasteiger partial charge in [-0.25, -0.2) is 0 Å². The Hall–Kier alpha value is -2.22. The summed E-state index contributed by atoms with van der Waals surface area (Å²) in [6.07, 6.45) is 9.95. The second kappa shape index (κ2) is 7.67. The van der Waals surface area contributed by atoms with Gasteiger partial charge in [-0.1, -0.05) is 60.1 Å². The Morgan fingerprint density at radius 3 is 2.27 bits per heavy atom. The van der Waals surface area contributed by atoms with Gasteiger partial charge in [-0.2, -0.15) is 5.26 Å². The minimum Gasteiger partial charge on any atom is -0.359 e. The van der Waals surface area contributed by atoms with E-state index in [-0.39, 0.29) is 57.0 Å². The van der Waals surface area contributed by atoms with Crippen LogP contribution in [0.2, 0.25) is 0 Å². The van der Waals surface area contributed by atoms with Crippen LogP contribution in [0.15, 0.2) is 23.3 Å². The Labute approximate surface area is 222 Å². The van der Waals surface area contributed by atoms with Crippen LogP contribution in [0.5, 0.6) is 0 Å². The van der Waals surface area contributed by atoms with Gasteiger partial charge in [0.15, 0.2) is 11.6 Å². The Balaban J connectivity index is 1.71. The molecule has 1 N–H and O–H groups in total. The molecular formula is C32H44N2O3. The normalized spacial score (nSPS) is 45.6. The number of amides is 1. The third-order valence-electron chi connectivity index (χ3n) is 12.5. The molecule has 0 heterocycles. The fourth-order valence-corrected chi connectivity index (χ4v) is 10.3. The molecule has 5 aliphatic rings. The zero-order valence-electron chi connectivity index (χ0n) is 24.0. The fourth-order valence-electron chi connectivity index (χ4n) is 10.3. The van der Waals surface area contributed by atoms with Crippen LogP contribution >= 0.6 is 0 Å². The van der Waals surface area contributed by atoms with Crippen LogP contribution in [0.25, 0.3) is 0 Å². The van der Waals surface area contributed by atoms with Gasteiger partial charge in [0, 0.05) is 23.8 Å². The van der Waals surface area contributed by atoms with Gasteiger partial charge in [0.2, 0.25) is 5.91 Å². The predicted molar refractivity (Wildman–Crippen MR) is 143 cm³/mol. The molecule has 0 radical (unpaired) electrons. The van der Waals surface area contributed by atoms with Crippen LogP contribution in [0.1, 0.15) is 93.4 Å². The van der Waals surface area contributed by atoms with E-state index in [9.17, 15) is 19.6 Å². The highest BCUT2D eigenvalue weighted by Gasteiger charge is 2.70. The Kier molecular flexibility index (Phi) is 5.47. The Morgan fingerprint density at radius 2 is 1.65 bits per heavy atom. The molecule has 5 aliphatic carbocycles. The van der Waals surface area contributed by atoms with Crippen molar-refractivity contribution in [2.45, 2.75) is 93.4 Å². The molecule has 3 fully saturated rings. The van der Waals surface area contributed by atoms with Crippen LogP contribution in [0.3, 0.4) is 0 Å². The molecular weight excluding hydrogens is 460 g/mol. The lowest BCUT2D eigenvalue weighted by Crippen LogP contribution is -2.66. The summed E-state index contributed by atoms with van der Waals surface area (Å²) >= 11 is 0. The average Bonchev–Trinajstić information content (AvgIpc) is 2.82. The molecule has 0 bridgehead atoms. The van der Waals surface area contributed by atoms with Crippen molar-refractivity contribution >= 4 is 17.5 Å². The molecule has 0 aromatic rings. The summed E-state index contributed by atoms with van der Waals surface area (Å²) in [5.41, 5.74) is -0.787. The topological polar surface area (TPSA) is 87.0 Å². The van der Waals surface area contributed by atoms with Gasteiger partial charge in [-0.3, -0.25) is 14.4 Å². The SMILES string of the molecule is CNC(=O)C12CCC(C)(C)CC1C1C(=O)C=C3C4(C)C=C(C#N)C(=O)C(C)(C)C4CCC3(C)C1(C)CC2. The fraction of sp³-hybridized carbons (Fsp3) is 0.750. The van der Waals surface area contributed by atoms with Crippen molar-refractivity contribution in [1.29, 1.82) is 5.26 Å². The smallest absolute Gasteiger partial charge is 0.226 e. The molecule has 0 aromatic carbocycles. The molecule has 5 rings (SSSR count). The van der Waals surface area contributed by atoms with Crippen LogP contribution < -0.4 is 5.32 Å². The van der Waals surface area contributed by atoms with Crippen molar-refractivity contribution in [3.63, 3.8) is 0 Å². The first kappa shape index (κ1) is 26.4. The zero-order valence-corrected chi connectivity index (χ0v) is 24.0. The third kappa shape index (κ3) is 3.11. The first-order valence-electron chi connectivity index (χ1n) is 14.2. The van der Waals surface area contributed by atoms with Gasteiger partial charge >= 0.3 is 0 Å². The average molecular weight is 505 g/mol. The van der Waals surface area contributed by atoms with Gasteiger partial charge in [0.1, 0.15) is 6.07 Å². The third-order valence-corrected chi connectivity index (χ3v) is 12.5. The molecule has 0 aromatic heterocycles. The first-order valence-corrected chi connectivity index (χ1v) is 14.2. The lowest BCUT2D eigenvalue weighted by Gasteiger charge is -2.69. The predicted octanol–water partition coefficient (Wildman–Crippen LogP) is 5.95. The monoisotopic (exact) mass is 504 g/mol. The molecule has 7 atom stereocenters. The van der Waals surface area contributed by atoms with Gasteiger partial charge in [-0.15, -0.1) is 0 Å². The van der Waals surface area contributed by atoms with E-state index in [1.165, 1.54) is 0 Å². The van der Waals surface area contributed by atoms with E-state index in [4.69, 9.17) is 0 Å². The number of rotatable bonds is 1. The van der Waals surface area contributed by atoms with Gasteiger partial charge < -0.3 is 5.32 Å². The number of nitrogens with one attached hydrogen (secondary N) is 1. The quantitative estimate of drug-likeness (QED) is 0.478. The number of nitriles is 1. The van der Waals surface area contributed by atoms with Crippen LogP contribution in [-0.4, -0.2) is 24.5 Å². The summed E-state index contributed by atoms with van der Waals surface area (Å²) < 4.78 is 0. The van der Waals surface area contributed by atoms with E-state index in [1.54, 1.807) is 7.05 Å². The highest BCUT2D eigenvalue weighted by atomic mass is 16.2. The number of fused-ring (bicyclic) bond motifs is 7. The van der Waals surface area contributed by atoms with Crippen molar-refractivity contribution in [3.05, 3.63) is 23.3 Å². The van der Waals surface area contributed by atoms with Gasteiger partial charge in [0.25, 0.3) is 0 Å². The molecule has 0 spiro atoms. The van der Waals surface area contributed by atoms with Gasteiger partial charge in [0.05, 0.1) is 11.0 Å². The molecule has 0 saturated heterocycles. The summed E-state index contributed by atoms with van der Waals surface area (Å²) in [7, 11) is 1.73. The highest BCUT2D eigenvalue weighted by Crippen LogP contribution is 2.74. The van der Waals surface area contributed by atoms with E-state index in [0.29, 0.717) is 0 Å². The van der Waals surface area contributed by atoms with Gasteiger partial charge in [-0.05, 0) is 79.1 Å². The summed E-state index contributed by atoms with van der Waals surface area (Å²) in [6.45, 7) is 15.3. The standard InChI is InChI=1S/C32H44N2O3/c1-27(2)11-13-32(26(37)34-8)14-12-31(7)24(20(32)17-27)21(35)15-23-29(5)16-19(18-33)25(36)28(3,4)22(29)9-10-30(23,31)6/h15-16,20,22,24H,9-14,17H2,1-8H3,(H,34,37). The summed E-state index contributed by atoms with van der Waals surface area (Å²) in [4.78, 5) is 41.1. The second-order valence-corrected chi connectivity index (χ2v) is 15.0. The molecule has 0 aliphatic heterocycles. The van der Waals surface area contributed by atoms with Crippen LogP contribution in [0.4, 0.5) is 0 Å². The maximum absolute atomic E-state index is 14.4. The molecule has 7 unspecified atom stereocenters. The lowest BCUT2D eigenvalue weighted by atomic mass is 9.34. The molecule has 37 heavy (non-hydrogen) atoms. The maximum Gasteiger partial charge on any atom is 0.226 e. The van der Waals surface area contributed by atoms with Crippen LogP contribution in [0, 0.1) is 61.6 Å².